The molecule has 70 valence electrons. The zero-order valence-electron chi connectivity index (χ0n) is 7.79. The van der Waals surface area contributed by atoms with E-state index >= 15 is 0 Å². The number of hydrogen-bond acceptors (Lipinski definition) is 4. The van der Waals surface area contributed by atoms with Crippen molar-refractivity contribution in [1.82, 2.24) is 4.90 Å². The summed E-state index contributed by atoms with van der Waals surface area (Å²) in [6, 6.07) is 0. The van der Waals surface area contributed by atoms with Gasteiger partial charge in [0, 0.05) is 6.54 Å². The van der Waals surface area contributed by atoms with Crippen LogP contribution >= 0.6 is 0 Å². The van der Waals surface area contributed by atoms with Gasteiger partial charge in [0.05, 0.1) is 20.1 Å². The van der Waals surface area contributed by atoms with E-state index in [-0.39, 0.29) is 11.8 Å². The molecule has 0 atom stereocenters. The SMILES string of the molecule is COC(=O)CCN(C)CC(C)=O. The van der Waals surface area contributed by atoms with Gasteiger partial charge in [-0.2, -0.15) is 0 Å². The van der Waals surface area contributed by atoms with E-state index < -0.39 is 0 Å². The Kier molecular flexibility index (Phi) is 5.28. The van der Waals surface area contributed by atoms with Crippen molar-refractivity contribution in [3.63, 3.8) is 0 Å². The molecule has 0 N–H and O–H groups in total. The van der Waals surface area contributed by atoms with Gasteiger partial charge < -0.3 is 4.74 Å². The molecular formula is C8H15NO3. The summed E-state index contributed by atoms with van der Waals surface area (Å²) >= 11 is 0. The Morgan fingerprint density at radius 3 is 2.42 bits per heavy atom. The topological polar surface area (TPSA) is 46.6 Å². The molecule has 0 rings (SSSR count). The average Bonchev–Trinajstić information content (AvgIpc) is 1.99. The number of nitrogens with zero attached hydrogens (tertiary/aromatic N) is 1. The maximum Gasteiger partial charge on any atom is 0.306 e. The zero-order valence-corrected chi connectivity index (χ0v) is 7.79. The van der Waals surface area contributed by atoms with Crippen LogP contribution in [0.4, 0.5) is 0 Å². The van der Waals surface area contributed by atoms with E-state index in [0.717, 1.165) is 0 Å². The maximum atomic E-state index is 10.7. The summed E-state index contributed by atoms with van der Waals surface area (Å²) in [5.41, 5.74) is 0. The Bertz CT molecular complexity index is 168. The summed E-state index contributed by atoms with van der Waals surface area (Å²) in [5.74, 6) is -0.146. The van der Waals surface area contributed by atoms with Gasteiger partial charge >= 0.3 is 5.97 Å². The van der Waals surface area contributed by atoms with E-state index in [1.54, 1.807) is 11.9 Å². The van der Waals surface area contributed by atoms with Gasteiger partial charge in [-0.1, -0.05) is 0 Å². The van der Waals surface area contributed by atoms with E-state index in [4.69, 9.17) is 0 Å². The molecule has 0 fully saturated rings. The molecule has 0 aromatic rings. The van der Waals surface area contributed by atoms with Gasteiger partial charge in [0.2, 0.25) is 0 Å². The largest absolute Gasteiger partial charge is 0.469 e. The normalized spacial score (nSPS) is 10.0. The van der Waals surface area contributed by atoms with E-state index in [1.807, 2.05) is 0 Å². The Morgan fingerprint density at radius 1 is 1.42 bits per heavy atom. The van der Waals surface area contributed by atoms with Crippen LogP contribution in [0.2, 0.25) is 0 Å². The first-order chi connectivity index (χ1) is 5.56. The maximum absolute atomic E-state index is 10.7. The smallest absolute Gasteiger partial charge is 0.306 e. The van der Waals surface area contributed by atoms with Crippen LogP contribution in [0, 0.1) is 0 Å². The third-order valence-corrected chi connectivity index (χ3v) is 1.42. The van der Waals surface area contributed by atoms with Crippen molar-refractivity contribution in [1.29, 1.82) is 0 Å². The second-order valence-electron chi connectivity index (χ2n) is 2.77. The van der Waals surface area contributed by atoms with Crippen LogP contribution in [0.5, 0.6) is 0 Å². The predicted octanol–water partition coefficient (Wildman–Crippen LogP) is 0.0703. The zero-order chi connectivity index (χ0) is 9.56. The molecular weight excluding hydrogens is 158 g/mol. The van der Waals surface area contributed by atoms with Crippen LogP contribution in [0.3, 0.4) is 0 Å². The van der Waals surface area contributed by atoms with E-state index in [1.165, 1.54) is 14.0 Å². The van der Waals surface area contributed by atoms with E-state index in [9.17, 15) is 9.59 Å². The van der Waals surface area contributed by atoms with Crippen LogP contribution in [0.15, 0.2) is 0 Å². The number of methoxy groups -OCH3 is 1. The number of ketones is 1. The predicted molar refractivity (Wildman–Crippen MR) is 44.8 cm³/mol. The molecule has 0 bridgehead atoms. The lowest BCUT2D eigenvalue weighted by atomic mass is 10.3. The van der Waals surface area contributed by atoms with Crippen LogP contribution in [0.25, 0.3) is 0 Å². The molecule has 0 aromatic carbocycles. The molecule has 0 saturated heterocycles. The third-order valence-electron chi connectivity index (χ3n) is 1.42. The number of ether oxygens (including phenoxy) is 1. The molecule has 0 spiro atoms. The van der Waals surface area contributed by atoms with Gasteiger partial charge in [0.15, 0.2) is 0 Å². The van der Waals surface area contributed by atoms with Crippen LogP contribution in [0.1, 0.15) is 13.3 Å². The van der Waals surface area contributed by atoms with E-state index in [0.29, 0.717) is 19.5 Å². The summed E-state index contributed by atoms with van der Waals surface area (Å²) in [6.07, 6.45) is 0.334. The number of Topliss-reactive ketones (excluding diaryl/α,β-unsaturated/α-hetero) is 1. The van der Waals surface area contributed by atoms with Gasteiger partial charge in [-0.3, -0.25) is 14.5 Å². The van der Waals surface area contributed by atoms with Gasteiger partial charge in [-0.15, -0.1) is 0 Å². The number of esters is 1. The molecule has 0 aliphatic heterocycles. The molecule has 0 saturated carbocycles. The number of carbonyl (C=O) groups excluding carboxylic acids is 2. The van der Waals surface area contributed by atoms with Gasteiger partial charge in [0.1, 0.15) is 5.78 Å². The van der Waals surface area contributed by atoms with E-state index in [2.05, 4.69) is 4.74 Å². The fourth-order valence-corrected chi connectivity index (χ4v) is 0.843. The highest BCUT2D eigenvalue weighted by Gasteiger charge is 2.05. The molecule has 0 radical (unpaired) electrons. The minimum Gasteiger partial charge on any atom is -0.469 e. The van der Waals surface area contributed by atoms with Crippen LogP contribution < -0.4 is 0 Å². The molecule has 0 heterocycles. The minimum absolute atomic E-state index is 0.0994. The molecule has 0 amide bonds. The summed E-state index contributed by atoms with van der Waals surface area (Å²) in [5, 5.41) is 0. The molecule has 4 heteroatoms. The van der Waals surface area contributed by atoms with Crippen LogP contribution in [-0.4, -0.2) is 43.9 Å². The van der Waals surface area contributed by atoms with Gasteiger partial charge in [-0.25, -0.2) is 0 Å². The van der Waals surface area contributed by atoms with Crippen molar-refractivity contribution in [3.05, 3.63) is 0 Å². The molecule has 4 nitrogen and oxygen atoms in total. The van der Waals surface area contributed by atoms with Gasteiger partial charge in [0.25, 0.3) is 0 Å². The summed E-state index contributed by atoms with van der Waals surface area (Å²) in [7, 11) is 3.15. The first-order valence-electron chi connectivity index (χ1n) is 3.81. The van der Waals surface area contributed by atoms with Crippen molar-refractivity contribution < 1.29 is 14.3 Å². The fourth-order valence-electron chi connectivity index (χ4n) is 0.843. The highest BCUT2D eigenvalue weighted by molar-refractivity contribution is 5.77. The lowest BCUT2D eigenvalue weighted by Crippen LogP contribution is -2.27. The average molecular weight is 173 g/mol. The first kappa shape index (κ1) is 11.1. The molecule has 0 aliphatic carbocycles. The highest BCUT2D eigenvalue weighted by atomic mass is 16.5. The Hall–Kier alpha value is -0.900. The molecule has 0 unspecified atom stereocenters. The second kappa shape index (κ2) is 5.71. The number of likely N-dealkylation sites (N-methyl/N-ethyl adjacent to an activating group) is 1. The van der Waals surface area contributed by atoms with Crippen molar-refractivity contribution in [3.8, 4) is 0 Å². The molecule has 0 aliphatic rings. The number of hydrogen-bond donors (Lipinski definition) is 0. The lowest BCUT2D eigenvalue weighted by molar-refractivity contribution is -0.141. The monoisotopic (exact) mass is 173 g/mol. The summed E-state index contributed by atoms with van der Waals surface area (Å²) in [4.78, 5) is 23.1. The lowest BCUT2D eigenvalue weighted by Gasteiger charge is -2.12. The standard InChI is InChI=1S/C8H15NO3/c1-7(10)6-9(2)5-4-8(11)12-3/h4-6H2,1-3H3. The van der Waals surface area contributed by atoms with Crippen molar-refractivity contribution in [2.75, 3.05) is 27.2 Å². The Balaban J connectivity index is 3.50. The number of carbonyl (C=O) groups is 2. The summed E-state index contributed by atoms with van der Waals surface area (Å²) in [6.45, 7) is 2.47. The first-order valence-corrected chi connectivity index (χ1v) is 3.81. The summed E-state index contributed by atoms with van der Waals surface area (Å²) < 4.78 is 4.46. The van der Waals surface area contributed by atoms with Crippen molar-refractivity contribution in [2.45, 2.75) is 13.3 Å². The quantitative estimate of drug-likeness (QED) is 0.552. The van der Waals surface area contributed by atoms with Crippen molar-refractivity contribution in [2.24, 2.45) is 0 Å². The third kappa shape index (κ3) is 5.85. The van der Waals surface area contributed by atoms with Gasteiger partial charge in [-0.05, 0) is 14.0 Å². The number of rotatable bonds is 5. The highest BCUT2D eigenvalue weighted by Crippen LogP contribution is 1.89. The Labute approximate surface area is 72.5 Å². The second-order valence-corrected chi connectivity index (χ2v) is 2.77. The minimum atomic E-state index is -0.245. The van der Waals surface area contributed by atoms with Crippen LogP contribution in [-0.2, 0) is 14.3 Å². The van der Waals surface area contributed by atoms with Crippen molar-refractivity contribution >= 4 is 11.8 Å². The fraction of sp³-hybridized carbons (Fsp3) is 0.750. The molecule has 12 heavy (non-hydrogen) atoms. The Morgan fingerprint density at radius 2 is 2.00 bits per heavy atom. The molecule has 0 aromatic heterocycles.